The van der Waals surface area contributed by atoms with Gasteiger partial charge in [0, 0.05) is 11.5 Å². The Morgan fingerprint density at radius 1 is 1.44 bits per heavy atom. The number of hydrogen-bond donors (Lipinski definition) is 0. The average molecular weight is 246 g/mol. The van der Waals surface area contributed by atoms with Gasteiger partial charge in [0.1, 0.15) is 11.4 Å². The van der Waals surface area contributed by atoms with Crippen molar-refractivity contribution < 1.29 is 14.3 Å². The summed E-state index contributed by atoms with van der Waals surface area (Å²) in [5.74, 6) is 1.34. The molecule has 0 unspecified atom stereocenters. The summed E-state index contributed by atoms with van der Waals surface area (Å²) in [6.07, 6.45) is 4.21. The minimum Gasteiger partial charge on any atom is -0.469 e. The summed E-state index contributed by atoms with van der Waals surface area (Å²) >= 11 is 0. The summed E-state index contributed by atoms with van der Waals surface area (Å²) in [4.78, 5) is 12.6. The molecule has 0 radical (unpaired) electrons. The maximum Gasteiger partial charge on any atom is 0.189 e. The number of rotatable bonds is 0. The van der Waals surface area contributed by atoms with Crippen LogP contribution in [-0.2, 0) is 14.3 Å². The summed E-state index contributed by atoms with van der Waals surface area (Å²) in [6.45, 7) is 8.93. The molecule has 3 fully saturated rings. The Balaban J connectivity index is 1.91. The molecule has 0 aromatic rings. The van der Waals surface area contributed by atoms with Crippen LogP contribution in [0.25, 0.3) is 0 Å². The van der Waals surface area contributed by atoms with Crippen LogP contribution >= 0.6 is 0 Å². The zero-order valence-corrected chi connectivity index (χ0v) is 10.9. The largest absolute Gasteiger partial charge is 0.469 e. The molecule has 3 aliphatic carbocycles. The Labute approximate surface area is 107 Å². The van der Waals surface area contributed by atoms with Crippen molar-refractivity contribution in [1.29, 1.82) is 0 Å². The van der Waals surface area contributed by atoms with E-state index in [2.05, 4.69) is 20.4 Å². The minimum absolute atomic E-state index is 0.0222. The summed E-state index contributed by atoms with van der Waals surface area (Å²) in [5.41, 5.74) is 0.661. The van der Waals surface area contributed by atoms with Gasteiger partial charge >= 0.3 is 0 Å². The van der Waals surface area contributed by atoms with Crippen LogP contribution < -0.4 is 0 Å². The van der Waals surface area contributed by atoms with Gasteiger partial charge in [0.2, 0.25) is 0 Å². The van der Waals surface area contributed by atoms with Crippen LogP contribution in [-0.4, -0.2) is 18.2 Å². The van der Waals surface area contributed by atoms with Gasteiger partial charge in [-0.05, 0) is 30.6 Å². The second kappa shape index (κ2) is 2.74. The lowest BCUT2D eigenvalue weighted by Gasteiger charge is -2.32. The number of hydrogen-bond acceptors (Lipinski definition) is 3. The smallest absolute Gasteiger partial charge is 0.189 e. The molecule has 4 aliphatic rings. The summed E-state index contributed by atoms with van der Waals surface area (Å²) in [6, 6.07) is 0. The predicted octanol–water partition coefficient (Wildman–Crippen LogP) is 2.58. The van der Waals surface area contributed by atoms with E-state index >= 15 is 0 Å². The molecule has 2 saturated carbocycles. The molecular formula is C15H18O3. The molecule has 0 amide bonds. The highest BCUT2D eigenvalue weighted by atomic mass is 16.7. The third-order valence-corrected chi connectivity index (χ3v) is 5.86. The van der Waals surface area contributed by atoms with Gasteiger partial charge in [-0.1, -0.05) is 26.0 Å². The van der Waals surface area contributed by atoms with E-state index in [0.29, 0.717) is 12.7 Å². The van der Waals surface area contributed by atoms with Crippen LogP contribution in [0.4, 0.5) is 0 Å². The molecular weight excluding hydrogens is 228 g/mol. The highest BCUT2D eigenvalue weighted by molar-refractivity contribution is 5.98. The molecule has 0 aromatic carbocycles. The molecule has 96 valence electrons. The first kappa shape index (κ1) is 10.8. The maximum absolute atomic E-state index is 12.6. The predicted molar refractivity (Wildman–Crippen MR) is 65.6 cm³/mol. The number of carbonyl (C=O) groups is 1. The number of ketones is 1. The lowest BCUT2D eigenvalue weighted by Crippen LogP contribution is -2.38. The van der Waals surface area contributed by atoms with Crippen molar-refractivity contribution in [2.45, 2.75) is 38.7 Å². The van der Waals surface area contributed by atoms with E-state index in [0.717, 1.165) is 25.0 Å². The zero-order chi connectivity index (χ0) is 12.8. The van der Waals surface area contributed by atoms with Crippen molar-refractivity contribution in [1.82, 2.24) is 0 Å². The molecule has 3 nitrogen and oxygen atoms in total. The fourth-order valence-electron chi connectivity index (χ4n) is 4.70. The molecule has 18 heavy (non-hydrogen) atoms. The third kappa shape index (κ3) is 0.923. The standard InChI is InChI=1S/C15H18O3/c1-9-5-14-7-15(6-10(14)13(9,2)3)12(4-11(14)16)17-8-18-15/h4,10H,1,5-8H2,2-3H3/t10-,14-,15+/m1/s1. The first-order chi connectivity index (χ1) is 8.41. The maximum atomic E-state index is 12.6. The lowest BCUT2D eigenvalue weighted by atomic mass is 9.69. The normalized spacial score (nSPS) is 47.7. The minimum atomic E-state index is -0.309. The molecule has 2 spiro atoms. The number of allylic oxidation sites excluding steroid dienone is 2. The van der Waals surface area contributed by atoms with Gasteiger partial charge in [-0.15, -0.1) is 0 Å². The van der Waals surface area contributed by atoms with Crippen LogP contribution in [0.5, 0.6) is 0 Å². The van der Waals surface area contributed by atoms with Gasteiger partial charge in [-0.25, -0.2) is 0 Å². The van der Waals surface area contributed by atoms with Gasteiger partial charge in [0.25, 0.3) is 0 Å². The van der Waals surface area contributed by atoms with E-state index in [1.54, 1.807) is 6.08 Å². The van der Waals surface area contributed by atoms with Gasteiger partial charge in [-0.2, -0.15) is 0 Å². The third-order valence-electron chi connectivity index (χ3n) is 5.86. The highest BCUT2D eigenvalue weighted by Crippen LogP contribution is 2.70. The Kier molecular flexibility index (Phi) is 1.65. The van der Waals surface area contributed by atoms with E-state index in [9.17, 15) is 4.79 Å². The molecule has 0 aromatic heterocycles. The Hall–Kier alpha value is -1.09. The van der Waals surface area contributed by atoms with Crippen molar-refractivity contribution in [2.75, 3.05) is 6.79 Å². The second-order valence-electron chi connectivity index (χ2n) is 6.87. The van der Waals surface area contributed by atoms with Crippen molar-refractivity contribution in [3.63, 3.8) is 0 Å². The van der Waals surface area contributed by atoms with Gasteiger partial charge in [0.15, 0.2) is 12.6 Å². The second-order valence-corrected chi connectivity index (χ2v) is 6.87. The SMILES string of the molecule is C=C1C[C@@]23C[C@]4(C[C@@H]2C1(C)C)OCOC4=CC3=O. The van der Waals surface area contributed by atoms with Crippen molar-refractivity contribution >= 4 is 5.78 Å². The zero-order valence-electron chi connectivity index (χ0n) is 10.9. The number of ether oxygens (including phenoxy) is 2. The monoisotopic (exact) mass is 246 g/mol. The van der Waals surface area contributed by atoms with E-state index in [1.165, 1.54) is 5.57 Å². The summed E-state index contributed by atoms with van der Waals surface area (Å²) in [7, 11) is 0. The van der Waals surface area contributed by atoms with Crippen LogP contribution in [0.15, 0.2) is 24.0 Å². The fourth-order valence-corrected chi connectivity index (χ4v) is 4.70. The molecule has 2 bridgehead atoms. The molecule has 3 atom stereocenters. The van der Waals surface area contributed by atoms with Crippen LogP contribution in [0.3, 0.4) is 0 Å². The van der Waals surface area contributed by atoms with Gasteiger partial charge in [-0.3, -0.25) is 4.79 Å². The summed E-state index contributed by atoms with van der Waals surface area (Å²) < 4.78 is 11.4. The van der Waals surface area contributed by atoms with Crippen LogP contribution in [0.1, 0.15) is 33.1 Å². The molecule has 0 N–H and O–H groups in total. The van der Waals surface area contributed by atoms with Crippen molar-refractivity contribution in [3.05, 3.63) is 24.0 Å². The molecule has 1 heterocycles. The topological polar surface area (TPSA) is 35.5 Å². The lowest BCUT2D eigenvalue weighted by molar-refractivity contribution is -0.127. The van der Waals surface area contributed by atoms with E-state index in [-0.39, 0.29) is 22.2 Å². The number of carbonyl (C=O) groups excluding carboxylic acids is 1. The molecule has 1 saturated heterocycles. The van der Waals surface area contributed by atoms with E-state index < -0.39 is 0 Å². The summed E-state index contributed by atoms with van der Waals surface area (Å²) in [5, 5.41) is 0. The Morgan fingerprint density at radius 2 is 2.22 bits per heavy atom. The Morgan fingerprint density at radius 3 is 3.00 bits per heavy atom. The quantitative estimate of drug-likeness (QED) is 0.616. The molecule has 1 aliphatic heterocycles. The Bertz CT molecular complexity index is 516. The van der Waals surface area contributed by atoms with E-state index in [1.807, 2.05) is 0 Å². The van der Waals surface area contributed by atoms with Gasteiger partial charge in [0.05, 0.1) is 0 Å². The van der Waals surface area contributed by atoms with Crippen molar-refractivity contribution in [3.8, 4) is 0 Å². The fraction of sp³-hybridized carbons (Fsp3) is 0.667. The van der Waals surface area contributed by atoms with Crippen LogP contribution in [0, 0.1) is 16.7 Å². The van der Waals surface area contributed by atoms with Crippen molar-refractivity contribution in [2.24, 2.45) is 16.7 Å². The molecule has 4 rings (SSSR count). The first-order valence-corrected chi connectivity index (χ1v) is 6.62. The first-order valence-electron chi connectivity index (χ1n) is 6.62. The molecule has 3 heteroatoms. The van der Waals surface area contributed by atoms with E-state index in [4.69, 9.17) is 9.47 Å². The highest BCUT2D eigenvalue weighted by Gasteiger charge is 2.71. The van der Waals surface area contributed by atoms with Gasteiger partial charge < -0.3 is 9.47 Å². The average Bonchev–Trinajstić information content (AvgIpc) is 2.86. The van der Waals surface area contributed by atoms with Crippen LogP contribution in [0.2, 0.25) is 0 Å².